The van der Waals surface area contributed by atoms with Gasteiger partial charge in [-0.2, -0.15) is 0 Å². The van der Waals surface area contributed by atoms with Crippen molar-refractivity contribution in [3.63, 3.8) is 0 Å². The van der Waals surface area contributed by atoms with Gasteiger partial charge in [0.1, 0.15) is 0 Å². The second-order valence-corrected chi connectivity index (χ2v) is 4.26. The molecule has 0 saturated heterocycles. The molecule has 88 valence electrons. The Labute approximate surface area is 96.5 Å². The third-order valence-corrected chi connectivity index (χ3v) is 2.56. The van der Waals surface area contributed by atoms with Crippen LogP contribution in [0.5, 0.6) is 0 Å². The highest BCUT2D eigenvalue weighted by Crippen LogP contribution is 2.03. The van der Waals surface area contributed by atoms with Gasteiger partial charge in [0.05, 0.1) is 19.1 Å². The molecule has 16 heavy (non-hydrogen) atoms. The van der Waals surface area contributed by atoms with Gasteiger partial charge in [0.25, 0.3) is 0 Å². The Morgan fingerprint density at radius 2 is 1.94 bits per heavy atom. The van der Waals surface area contributed by atoms with Gasteiger partial charge in [0.2, 0.25) is 5.91 Å². The van der Waals surface area contributed by atoms with Gasteiger partial charge in [-0.3, -0.25) is 4.79 Å². The molecule has 0 unspecified atom stereocenters. The van der Waals surface area contributed by atoms with E-state index < -0.39 is 0 Å². The van der Waals surface area contributed by atoms with Crippen LogP contribution < -0.4 is 5.32 Å². The Morgan fingerprint density at radius 3 is 2.44 bits per heavy atom. The third-order valence-electron chi connectivity index (χ3n) is 2.56. The normalized spacial score (nSPS) is 12.5. The number of aliphatic hydroxyl groups excluding tert-OH is 1. The molecule has 1 amide bonds. The summed E-state index contributed by atoms with van der Waals surface area (Å²) in [4.78, 5) is 11.7. The van der Waals surface area contributed by atoms with E-state index >= 15 is 0 Å². The van der Waals surface area contributed by atoms with Crippen molar-refractivity contribution in [2.24, 2.45) is 5.92 Å². The molecule has 0 aromatic heterocycles. The number of hydrogen-bond donors (Lipinski definition) is 2. The first kappa shape index (κ1) is 12.7. The molecule has 1 aromatic rings. The van der Waals surface area contributed by atoms with Gasteiger partial charge in [-0.25, -0.2) is 0 Å². The van der Waals surface area contributed by atoms with E-state index in [1.807, 2.05) is 44.2 Å². The first-order chi connectivity index (χ1) is 7.63. The molecular weight excluding hydrogens is 202 g/mol. The van der Waals surface area contributed by atoms with Gasteiger partial charge >= 0.3 is 0 Å². The van der Waals surface area contributed by atoms with Gasteiger partial charge in [0.15, 0.2) is 0 Å². The minimum atomic E-state index is -0.156. The number of carbonyl (C=O) groups excluding carboxylic acids is 1. The number of aliphatic hydroxyl groups is 1. The van der Waals surface area contributed by atoms with Crippen molar-refractivity contribution in [1.82, 2.24) is 5.32 Å². The summed E-state index contributed by atoms with van der Waals surface area (Å²) in [5.74, 6) is 0.198. The largest absolute Gasteiger partial charge is 0.394 e. The van der Waals surface area contributed by atoms with Crippen molar-refractivity contribution in [2.75, 3.05) is 6.61 Å². The minimum Gasteiger partial charge on any atom is -0.394 e. The highest BCUT2D eigenvalue weighted by molar-refractivity contribution is 5.78. The van der Waals surface area contributed by atoms with E-state index in [2.05, 4.69) is 5.32 Å². The molecular formula is C13H19NO2. The summed E-state index contributed by atoms with van der Waals surface area (Å²) in [7, 11) is 0. The molecule has 0 aliphatic heterocycles. The number of rotatable bonds is 5. The van der Waals surface area contributed by atoms with E-state index in [0.717, 1.165) is 5.56 Å². The Kier molecular flexibility index (Phi) is 4.99. The highest BCUT2D eigenvalue weighted by atomic mass is 16.3. The molecule has 0 radical (unpaired) electrons. The van der Waals surface area contributed by atoms with Gasteiger partial charge in [-0.1, -0.05) is 44.2 Å². The van der Waals surface area contributed by atoms with E-state index in [9.17, 15) is 4.79 Å². The standard InChI is InChI=1S/C13H19NO2/c1-10(2)12(9-15)14-13(16)8-11-6-4-3-5-7-11/h3-7,10,12,15H,8-9H2,1-2H3,(H,14,16)/t12-/m0/s1. The fourth-order valence-corrected chi connectivity index (χ4v) is 1.46. The van der Waals surface area contributed by atoms with E-state index in [0.29, 0.717) is 6.42 Å². The monoisotopic (exact) mass is 221 g/mol. The second-order valence-electron chi connectivity index (χ2n) is 4.26. The zero-order chi connectivity index (χ0) is 12.0. The molecule has 0 aliphatic rings. The second kappa shape index (κ2) is 6.28. The van der Waals surface area contributed by atoms with Crippen LogP contribution in [0.15, 0.2) is 30.3 Å². The molecule has 2 N–H and O–H groups in total. The highest BCUT2D eigenvalue weighted by Gasteiger charge is 2.14. The summed E-state index contributed by atoms with van der Waals surface area (Å²) < 4.78 is 0. The summed E-state index contributed by atoms with van der Waals surface area (Å²) in [6.07, 6.45) is 0.365. The Hall–Kier alpha value is -1.35. The summed E-state index contributed by atoms with van der Waals surface area (Å²) in [6.45, 7) is 3.94. The van der Waals surface area contributed by atoms with Crippen molar-refractivity contribution < 1.29 is 9.90 Å². The number of benzene rings is 1. The van der Waals surface area contributed by atoms with E-state index in [1.165, 1.54) is 0 Å². The summed E-state index contributed by atoms with van der Waals surface area (Å²) in [5, 5.41) is 11.9. The zero-order valence-electron chi connectivity index (χ0n) is 9.81. The third kappa shape index (κ3) is 4.03. The molecule has 0 fully saturated rings. The van der Waals surface area contributed by atoms with Crippen molar-refractivity contribution in [3.8, 4) is 0 Å². The molecule has 1 rings (SSSR count). The molecule has 0 aliphatic carbocycles. The Bertz CT molecular complexity index is 322. The van der Waals surface area contributed by atoms with Crippen molar-refractivity contribution in [2.45, 2.75) is 26.3 Å². The maximum absolute atomic E-state index is 11.7. The predicted octanol–water partition coefficient (Wildman–Crippen LogP) is 1.36. The van der Waals surface area contributed by atoms with Crippen LogP contribution in [0.25, 0.3) is 0 Å². The lowest BCUT2D eigenvalue weighted by Gasteiger charge is -2.19. The number of amides is 1. The van der Waals surface area contributed by atoms with Crippen LogP contribution in [-0.4, -0.2) is 23.7 Å². The summed E-state index contributed by atoms with van der Waals surface area (Å²) in [5.41, 5.74) is 0.987. The molecule has 0 saturated carbocycles. The lowest BCUT2D eigenvalue weighted by atomic mass is 10.0. The lowest BCUT2D eigenvalue weighted by Crippen LogP contribution is -2.41. The topological polar surface area (TPSA) is 49.3 Å². The molecule has 0 spiro atoms. The van der Waals surface area contributed by atoms with E-state index in [4.69, 9.17) is 5.11 Å². The number of hydrogen-bond acceptors (Lipinski definition) is 2. The number of nitrogens with one attached hydrogen (secondary N) is 1. The first-order valence-corrected chi connectivity index (χ1v) is 5.57. The van der Waals surface area contributed by atoms with Crippen LogP contribution in [0.4, 0.5) is 0 Å². The molecule has 0 heterocycles. The summed E-state index contributed by atoms with van der Waals surface area (Å²) in [6, 6.07) is 9.43. The smallest absolute Gasteiger partial charge is 0.224 e. The van der Waals surface area contributed by atoms with Crippen LogP contribution in [0.1, 0.15) is 19.4 Å². The van der Waals surface area contributed by atoms with E-state index in [1.54, 1.807) is 0 Å². The van der Waals surface area contributed by atoms with Crippen molar-refractivity contribution >= 4 is 5.91 Å². The van der Waals surface area contributed by atoms with Crippen LogP contribution in [0.3, 0.4) is 0 Å². The van der Waals surface area contributed by atoms with Crippen LogP contribution in [-0.2, 0) is 11.2 Å². The molecule has 3 heteroatoms. The molecule has 3 nitrogen and oxygen atoms in total. The van der Waals surface area contributed by atoms with E-state index in [-0.39, 0.29) is 24.5 Å². The Morgan fingerprint density at radius 1 is 1.31 bits per heavy atom. The van der Waals surface area contributed by atoms with Gasteiger partial charge in [0, 0.05) is 0 Å². The SMILES string of the molecule is CC(C)[C@H](CO)NC(=O)Cc1ccccc1. The van der Waals surface area contributed by atoms with Crippen LogP contribution in [0.2, 0.25) is 0 Å². The van der Waals surface area contributed by atoms with Crippen LogP contribution >= 0.6 is 0 Å². The average molecular weight is 221 g/mol. The van der Waals surface area contributed by atoms with Gasteiger partial charge in [-0.05, 0) is 11.5 Å². The molecule has 0 bridgehead atoms. The minimum absolute atomic E-state index is 0.0157. The lowest BCUT2D eigenvalue weighted by molar-refractivity contribution is -0.121. The zero-order valence-corrected chi connectivity index (χ0v) is 9.81. The van der Waals surface area contributed by atoms with Gasteiger partial charge in [-0.15, -0.1) is 0 Å². The fourth-order valence-electron chi connectivity index (χ4n) is 1.46. The Balaban J connectivity index is 2.47. The predicted molar refractivity (Wildman–Crippen MR) is 64.0 cm³/mol. The molecule has 1 atom stereocenters. The summed E-state index contributed by atoms with van der Waals surface area (Å²) >= 11 is 0. The van der Waals surface area contributed by atoms with Crippen molar-refractivity contribution in [3.05, 3.63) is 35.9 Å². The maximum atomic E-state index is 11.7. The fraction of sp³-hybridized carbons (Fsp3) is 0.462. The first-order valence-electron chi connectivity index (χ1n) is 5.57. The average Bonchev–Trinajstić information content (AvgIpc) is 2.27. The maximum Gasteiger partial charge on any atom is 0.224 e. The number of carbonyl (C=O) groups is 1. The van der Waals surface area contributed by atoms with Gasteiger partial charge < -0.3 is 10.4 Å². The molecule has 1 aromatic carbocycles. The van der Waals surface area contributed by atoms with Crippen molar-refractivity contribution in [1.29, 1.82) is 0 Å². The quantitative estimate of drug-likeness (QED) is 0.788. The van der Waals surface area contributed by atoms with Crippen LogP contribution in [0, 0.1) is 5.92 Å².